The van der Waals surface area contributed by atoms with Gasteiger partial charge in [0, 0.05) is 29.8 Å². The van der Waals surface area contributed by atoms with Crippen LogP contribution in [0.3, 0.4) is 0 Å². The zero-order chi connectivity index (χ0) is 25.7. The summed E-state index contributed by atoms with van der Waals surface area (Å²) in [5.41, 5.74) is 1.79. The summed E-state index contributed by atoms with van der Waals surface area (Å²) < 4.78 is 32.1. The van der Waals surface area contributed by atoms with Crippen LogP contribution in [-0.2, 0) is 6.42 Å². The fourth-order valence-electron chi connectivity index (χ4n) is 5.22. The summed E-state index contributed by atoms with van der Waals surface area (Å²) in [4.78, 5) is 6.69. The number of hydrogen-bond donors (Lipinski definition) is 2. The zero-order valence-corrected chi connectivity index (χ0v) is 21.3. The molecule has 2 heterocycles. The van der Waals surface area contributed by atoms with Gasteiger partial charge in [-0.05, 0) is 99.5 Å². The van der Waals surface area contributed by atoms with Gasteiger partial charge in [0.1, 0.15) is 17.4 Å². The standard InChI is InChI=1S/C28H33ClF2N2O3/c1-36-22-4-5-25-23(16-22)27(24(29)17-32-25)26(35)6-7-28(18-34)8-11-33(12-9-28)10-2-3-19-13-20(30)15-21(31)14-19/h4-5,13-17,26,34-35H,2-3,6-12,18H2,1H3/t26-/m0/s1. The third kappa shape index (κ3) is 6.32. The molecular weight excluding hydrogens is 486 g/mol. The molecule has 1 saturated heterocycles. The van der Waals surface area contributed by atoms with Gasteiger partial charge in [-0.15, -0.1) is 0 Å². The number of pyridine rings is 1. The molecule has 36 heavy (non-hydrogen) atoms. The summed E-state index contributed by atoms with van der Waals surface area (Å²) in [5.74, 6) is -0.419. The average molecular weight is 519 g/mol. The molecule has 0 saturated carbocycles. The number of aromatic nitrogens is 1. The minimum Gasteiger partial charge on any atom is -0.497 e. The van der Waals surface area contributed by atoms with Gasteiger partial charge in [-0.25, -0.2) is 8.78 Å². The summed E-state index contributed by atoms with van der Waals surface area (Å²) in [6.07, 6.45) is 5.00. The second-order valence-corrected chi connectivity index (χ2v) is 10.2. The van der Waals surface area contributed by atoms with E-state index in [1.54, 1.807) is 13.3 Å². The Hall–Kier alpha value is -2.32. The van der Waals surface area contributed by atoms with Crippen molar-refractivity contribution >= 4 is 22.5 Å². The summed E-state index contributed by atoms with van der Waals surface area (Å²) in [7, 11) is 1.59. The lowest BCUT2D eigenvalue weighted by Crippen LogP contribution is -2.42. The van der Waals surface area contributed by atoms with Crippen molar-refractivity contribution in [2.24, 2.45) is 5.41 Å². The van der Waals surface area contributed by atoms with Crippen LogP contribution in [0.1, 0.15) is 49.3 Å². The second-order valence-electron chi connectivity index (χ2n) is 9.84. The van der Waals surface area contributed by atoms with Gasteiger partial charge in [0.2, 0.25) is 0 Å². The molecule has 0 aliphatic carbocycles. The molecule has 2 N–H and O–H groups in total. The zero-order valence-electron chi connectivity index (χ0n) is 20.5. The molecule has 1 aliphatic rings. The molecule has 1 aliphatic heterocycles. The minimum absolute atomic E-state index is 0.0643. The van der Waals surface area contributed by atoms with E-state index in [2.05, 4.69) is 9.88 Å². The van der Waals surface area contributed by atoms with Gasteiger partial charge in [0.25, 0.3) is 0 Å². The smallest absolute Gasteiger partial charge is 0.126 e. The first-order valence-electron chi connectivity index (χ1n) is 12.4. The Balaban J connectivity index is 1.33. The van der Waals surface area contributed by atoms with Crippen LogP contribution >= 0.6 is 11.6 Å². The van der Waals surface area contributed by atoms with Crippen LogP contribution in [0.4, 0.5) is 8.78 Å². The number of halogens is 3. The van der Waals surface area contributed by atoms with Crippen LogP contribution in [0.2, 0.25) is 5.02 Å². The molecule has 0 bridgehead atoms. The number of aryl methyl sites for hydroxylation is 1. The van der Waals surface area contributed by atoms with Gasteiger partial charge in [0.15, 0.2) is 0 Å². The summed E-state index contributed by atoms with van der Waals surface area (Å²) in [6.45, 7) is 2.58. The maximum atomic E-state index is 13.4. The van der Waals surface area contributed by atoms with Gasteiger partial charge in [-0.3, -0.25) is 4.98 Å². The van der Waals surface area contributed by atoms with Gasteiger partial charge >= 0.3 is 0 Å². The second kappa shape index (κ2) is 11.8. The lowest BCUT2D eigenvalue weighted by Gasteiger charge is -2.41. The molecule has 4 rings (SSSR count). The molecule has 1 aromatic heterocycles. The van der Waals surface area contributed by atoms with Crippen molar-refractivity contribution in [2.45, 2.75) is 44.6 Å². The highest BCUT2D eigenvalue weighted by Gasteiger charge is 2.34. The third-order valence-electron chi connectivity index (χ3n) is 7.46. The van der Waals surface area contributed by atoms with Crippen molar-refractivity contribution in [3.63, 3.8) is 0 Å². The van der Waals surface area contributed by atoms with Crippen molar-refractivity contribution in [1.82, 2.24) is 9.88 Å². The number of nitrogens with zero attached hydrogens (tertiary/aromatic N) is 2. The molecular formula is C28H33ClF2N2O3. The highest BCUT2D eigenvalue weighted by Crippen LogP contribution is 2.40. The number of ether oxygens (including phenoxy) is 1. The van der Waals surface area contributed by atoms with Crippen LogP contribution in [-0.4, -0.2) is 53.4 Å². The molecule has 3 aromatic rings. The summed E-state index contributed by atoms with van der Waals surface area (Å²) >= 11 is 6.45. The molecule has 0 unspecified atom stereocenters. The van der Waals surface area contributed by atoms with Gasteiger partial charge in [0.05, 0.1) is 23.8 Å². The number of fused-ring (bicyclic) bond motifs is 1. The molecule has 0 spiro atoms. The Bertz CT molecular complexity index is 1160. The van der Waals surface area contributed by atoms with Crippen molar-refractivity contribution in [3.8, 4) is 5.75 Å². The molecule has 2 aromatic carbocycles. The summed E-state index contributed by atoms with van der Waals surface area (Å²) in [5, 5.41) is 22.6. The molecule has 0 radical (unpaired) electrons. The number of hydrogen-bond acceptors (Lipinski definition) is 5. The normalized spacial score (nSPS) is 16.8. The average Bonchev–Trinajstić information content (AvgIpc) is 2.87. The van der Waals surface area contributed by atoms with Crippen LogP contribution in [0, 0.1) is 17.0 Å². The monoisotopic (exact) mass is 518 g/mol. The predicted octanol–water partition coefficient (Wildman–Crippen LogP) is 5.70. The van der Waals surface area contributed by atoms with Crippen LogP contribution in [0.5, 0.6) is 5.75 Å². The topological polar surface area (TPSA) is 65.8 Å². The maximum absolute atomic E-state index is 13.4. The molecule has 1 atom stereocenters. The van der Waals surface area contributed by atoms with Crippen LogP contribution < -0.4 is 4.74 Å². The third-order valence-corrected chi connectivity index (χ3v) is 7.76. The van der Waals surface area contributed by atoms with Gasteiger partial charge in [-0.2, -0.15) is 0 Å². The van der Waals surface area contributed by atoms with E-state index in [9.17, 15) is 19.0 Å². The van der Waals surface area contributed by atoms with E-state index in [1.807, 2.05) is 18.2 Å². The number of piperidine rings is 1. The number of methoxy groups -OCH3 is 1. The highest BCUT2D eigenvalue weighted by molar-refractivity contribution is 6.32. The van der Waals surface area contributed by atoms with Crippen molar-refractivity contribution in [2.75, 3.05) is 33.4 Å². The largest absolute Gasteiger partial charge is 0.497 e. The molecule has 1 fully saturated rings. The SMILES string of the molecule is COc1ccc2ncc(Cl)c([C@@H](O)CCC3(CO)CCN(CCCc4cc(F)cc(F)c4)CC3)c2c1. The Morgan fingerprint density at radius 1 is 1.14 bits per heavy atom. The van der Waals surface area contributed by atoms with Crippen LogP contribution in [0.15, 0.2) is 42.6 Å². The van der Waals surface area contributed by atoms with Gasteiger partial charge in [-0.1, -0.05) is 11.6 Å². The molecule has 0 amide bonds. The van der Waals surface area contributed by atoms with E-state index in [0.29, 0.717) is 41.2 Å². The number of benzene rings is 2. The molecule has 194 valence electrons. The van der Waals surface area contributed by atoms with E-state index in [4.69, 9.17) is 16.3 Å². The first-order valence-corrected chi connectivity index (χ1v) is 12.8. The molecule has 8 heteroatoms. The van der Waals surface area contributed by atoms with E-state index in [1.165, 1.54) is 12.1 Å². The Morgan fingerprint density at radius 3 is 2.53 bits per heavy atom. The lowest BCUT2D eigenvalue weighted by atomic mass is 9.74. The Morgan fingerprint density at radius 2 is 1.86 bits per heavy atom. The minimum atomic E-state index is -0.789. The van der Waals surface area contributed by atoms with Crippen molar-refractivity contribution in [1.29, 1.82) is 0 Å². The van der Waals surface area contributed by atoms with Gasteiger partial charge < -0.3 is 19.8 Å². The molecule has 5 nitrogen and oxygen atoms in total. The number of likely N-dealkylation sites (tertiary alicyclic amines) is 1. The first kappa shape index (κ1) is 26.7. The Kier molecular flexibility index (Phi) is 8.78. The fourth-order valence-corrected chi connectivity index (χ4v) is 5.50. The Labute approximate surface area is 215 Å². The fraction of sp³-hybridized carbons (Fsp3) is 0.464. The van der Waals surface area contributed by atoms with E-state index in [-0.39, 0.29) is 12.0 Å². The van der Waals surface area contributed by atoms with Crippen LogP contribution in [0.25, 0.3) is 10.9 Å². The lowest BCUT2D eigenvalue weighted by molar-refractivity contribution is 0.0234. The number of rotatable bonds is 10. The maximum Gasteiger partial charge on any atom is 0.126 e. The first-order chi connectivity index (χ1) is 17.3. The van der Waals surface area contributed by atoms with E-state index < -0.39 is 17.7 Å². The predicted molar refractivity (Wildman–Crippen MR) is 137 cm³/mol. The quantitative estimate of drug-likeness (QED) is 0.360. The van der Waals surface area contributed by atoms with E-state index >= 15 is 0 Å². The number of aliphatic hydroxyl groups is 2. The summed E-state index contributed by atoms with van der Waals surface area (Å²) in [6, 6.07) is 9.17. The number of aliphatic hydroxyl groups excluding tert-OH is 2. The van der Waals surface area contributed by atoms with E-state index in [0.717, 1.165) is 55.9 Å². The van der Waals surface area contributed by atoms with Crippen molar-refractivity contribution < 1.29 is 23.7 Å². The highest BCUT2D eigenvalue weighted by atomic mass is 35.5. The van der Waals surface area contributed by atoms with Crippen molar-refractivity contribution in [3.05, 3.63) is 70.4 Å².